The van der Waals surface area contributed by atoms with Crippen LogP contribution in [0.15, 0.2) is 29.6 Å². The van der Waals surface area contributed by atoms with E-state index in [1.807, 2.05) is 5.38 Å². The third-order valence-corrected chi connectivity index (χ3v) is 3.49. The van der Waals surface area contributed by atoms with Crippen molar-refractivity contribution in [2.75, 3.05) is 0 Å². The van der Waals surface area contributed by atoms with Gasteiger partial charge in [-0.1, -0.05) is 13.0 Å². The molecule has 0 saturated carbocycles. The summed E-state index contributed by atoms with van der Waals surface area (Å²) in [5, 5.41) is 12.0. The third-order valence-electron chi connectivity index (χ3n) is 2.53. The summed E-state index contributed by atoms with van der Waals surface area (Å²) in [6.07, 6.45) is 2.06. The van der Waals surface area contributed by atoms with Gasteiger partial charge >= 0.3 is 5.97 Å². The van der Waals surface area contributed by atoms with Crippen molar-refractivity contribution in [3.8, 4) is 5.75 Å². The molecule has 19 heavy (non-hydrogen) atoms. The average molecular weight is 277 g/mol. The van der Waals surface area contributed by atoms with Crippen LogP contribution in [0.1, 0.15) is 34.4 Å². The fourth-order valence-electron chi connectivity index (χ4n) is 1.62. The first-order valence-electron chi connectivity index (χ1n) is 6.08. The number of rotatable bonds is 6. The van der Waals surface area contributed by atoms with Crippen LogP contribution in [0, 0.1) is 0 Å². The van der Waals surface area contributed by atoms with Gasteiger partial charge in [0.15, 0.2) is 0 Å². The van der Waals surface area contributed by atoms with Crippen molar-refractivity contribution in [1.82, 2.24) is 4.98 Å². The summed E-state index contributed by atoms with van der Waals surface area (Å²) in [7, 11) is 0. The number of aromatic nitrogens is 1. The van der Waals surface area contributed by atoms with Gasteiger partial charge in [0.25, 0.3) is 0 Å². The Hall–Kier alpha value is -1.88. The molecule has 2 aromatic rings. The van der Waals surface area contributed by atoms with Crippen LogP contribution in [0.4, 0.5) is 0 Å². The minimum atomic E-state index is -0.954. The Morgan fingerprint density at radius 3 is 3.05 bits per heavy atom. The summed E-state index contributed by atoms with van der Waals surface area (Å²) in [5.74, 6) is -0.408. The Bertz CT molecular complexity index is 565. The van der Waals surface area contributed by atoms with Gasteiger partial charge < -0.3 is 9.84 Å². The Morgan fingerprint density at radius 2 is 2.32 bits per heavy atom. The number of carboxylic acids is 1. The minimum absolute atomic E-state index is 0.224. The van der Waals surface area contributed by atoms with Gasteiger partial charge in [0.2, 0.25) is 0 Å². The molecule has 0 bridgehead atoms. The molecule has 1 heterocycles. The molecule has 4 nitrogen and oxygen atoms in total. The number of hydrogen-bond acceptors (Lipinski definition) is 4. The number of hydrogen-bond donors (Lipinski definition) is 1. The van der Waals surface area contributed by atoms with Crippen molar-refractivity contribution >= 4 is 17.3 Å². The predicted octanol–water partition coefficient (Wildman–Crippen LogP) is 3.37. The molecule has 0 aliphatic heterocycles. The largest absolute Gasteiger partial charge is 0.487 e. The van der Waals surface area contributed by atoms with E-state index < -0.39 is 5.97 Å². The summed E-state index contributed by atoms with van der Waals surface area (Å²) >= 11 is 1.63. The smallest absolute Gasteiger partial charge is 0.335 e. The van der Waals surface area contributed by atoms with Gasteiger partial charge in [-0.3, -0.25) is 0 Å². The van der Waals surface area contributed by atoms with E-state index in [1.165, 1.54) is 12.1 Å². The molecule has 0 aliphatic rings. The van der Waals surface area contributed by atoms with E-state index in [0.29, 0.717) is 12.4 Å². The fourth-order valence-corrected chi connectivity index (χ4v) is 2.50. The quantitative estimate of drug-likeness (QED) is 0.879. The molecule has 0 amide bonds. The number of aryl methyl sites for hydroxylation is 1. The van der Waals surface area contributed by atoms with Crippen LogP contribution in [-0.4, -0.2) is 16.1 Å². The van der Waals surface area contributed by atoms with Crippen molar-refractivity contribution in [1.29, 1.82) is 0 Å². The summed E-state index contributed by atoms with van der Waals surface area (Å²) in [6.45, 7) is 2.48. The minimum Gasteiger partial charge on any atom is -0.487 e. The average Bonchev–Trinajstić information content (AvgIpc) is 2.85. The number of ether oxygens (including phenoxy) is 1. The fraction of sp³-hybridized carbons (Fsp3) is 0.286. The third kappa shape index (κ3) is 3.79. The highest BCUT2D eigenvalue weighted by atomic mass is 32.1. The van der Waals surface area contributed by atoms with Gasteiger partial charge in [0.1, 0.15) is 12.4 Å². The molecule has 0 radical (unpaired) electrons. The normalized spacial score (nSPS) is 10.4. The first kappa shape index (κ1) is 13.5. The molecule has 0 aliphatic carbocycles. The van der Waals surface area contributed by atoms with E-state index in [2.05, 4.69) is 11.9 Å². The molecular weight excluding hydrogens is 262 g/mol. The highest BCUT2D eigenvalue weighted by Gasteiger charge is 2.05. The van der Waals surface area contributed by atoms with E-state index in [9.17, 15) is 4.79 Å². The van der Waals surface area contributed by atoms with Gasteiger partial charge in [-0.05, 0) is 31.0 Å². The second-order valence-corrected chi connectivity index (χ2v) is 5.05. The highest BCUT2D eigenvalue weighted by Crippen LogP contribution is 2.17. The molecule has 2 rings (SSSR count). The van der Waals surface area contributed by atoms with Crippen LogP contribution in [0.25, 0.3) is 0 Å². The molecule has 0 spiro atoms. The first-order valence-corrected chi connectivity index (χ1v) is 6.96. The Balaban J connectivity index is 1.97. The van der Waals surface area contributed by atoms with Crippen LogP contribution in [0.5, 0.6) is 5.75 Å². The van der Waals surface area contributed by atoms with Crippen molar-refractivity contribution in [3.05, 3.63) is 45.9 Å². The highest BCUT2D eigenvalue weighted by molar-refractivity contribution is 7.09. The van der Waals surface area contributed by atoms with E-state index in [0.717, 1.165) is 23.5 Å². The van der Waals surface area contributed by atoms with Gasteiger partial charge in [-0.15, -0.1) is 11.3 Å². The second-order valence-electron chi connectivity index (χ2n) is 4.10. The zero-order valence-corrected chi connectivity index (χ0v) is 11.4. The van der Waals surface area contributed by atoms with Gasteiger partial charge in [0.05, 0.1) is 16.3 Å². The standard InChI is InChI=1S/C14H15NO3S/c1-2-4-13-15-11(9-19-13)8-18-12-6-3-5-10(7-12)14(16)17/h3,5-7,9H,2,4,8H2,1H3,(H,16,17). The first-order chi connectivity index (χ1) is 9.19. The van der Waals surface area contributed by atoms with Crippen LogP contribution >= 0.6 is 11.3 Å². The van der Waals surface area contributed by atoms with Crippen molar-refractivity contribution in [3.63, 3.8) is 0 Å². The van der Waals surface area contributed by atoms with Crippen molar-refractivity contribution < 1.29 is 14.6 Å². The molecule has 1 N–H and O–H groups in total. The number of carbonyl (C=O) groups is 1. The predicted molar refractivity (Wildman–Crippen MR) is 73.8 cm³/mol. The molecule has 1 aromatic heterocycles. The zero-order chi connectivity index (χ0) is 13.7. The van der Waals surface area contributed by atoms with Crippen LogP contribution in [0.3, 0.4) is 0 Å². The summed E-state index contributed by atoms with van der Waals surface area (Å²) < 4.78 is 5.56. The van der Waals surface area contributed by atoms with Crippen LogP contribution < -0.4 is 4.74 Å². The number of carboxylic acid groups (broad SMARTS) is 1. The molecule has 0 fully saturated rings. The molecule has 0 atom stereocenters. The molecular formula is C14H15NO3S. The van der Waals surface area contributed by atoms with Gasteiger partial charge in [0, 0.05) is 5.38 Å². The zero-order valence-electron chi connectivity index (χ0n) is 10.6. The monoisotopic (exact) mass is 277 g/mol. The summed E-state index contributed by atoms with van der Waals surface area (Å²) in [4.78, 5) is 15.3. The molecule has 0 saturated heterocycles. The lowest BCUT2D eigenvalue weighted by Gasteiger charge is -2.04. The van der Waals surface area contributed by atoms with E-state index in [-0.39, 0.29) is 5.56 Å². The molecule has 5 heteroatoms. The number of benzene rings is 1. The van der Waals surface area contributed by atoms with Crippen LogP contribution in [-0.2, 0) is 13.0 Å². The lowest BCUT2D eigenvalue weighted by Crippen LogP contribution is -1.99. The Kier molecular flexibility index (Phi) is 4.52. The van der Waals surface area contributed by atoms with Gasteiger partial charge in [-0.2, -0.15) is 0 Å². The van der Waals surface area contributed by atoms with Gasteiger partial charge in [-0.25, -0.2) is 9.78 Å². The maximum absolute atomic E-state index is 10.8. The Labute approximate surface area is 115 Å². The van der Waals surface area contributed by atoms with E-state index in [4.69, 9.17) is 9.84 Å². The van der Waals surface area contributed by atoms with E-state index in [1.54, 1.807) is 23.5 Å². The molecule has 100 valence electrons. The maximum atomic E-state index is 10.8. The SMILES string of the molecule is CCCc1nc(COc2cccc(C(=O)O)c2)cs1. The van der Waals surface area contributed by atoms with Crippen molar-refractivity contribution in [2.45, 2.75) is 26.4 Å². The number of thiazole rings is 1. The lowest BCUT2D eigenvalue weighted by molar-refractivity contribution is 0.0696. The maximum Gasteiger partial charge on any atom is 0.335 e. The topological polar surface area (TPSA) is 59.4 Å². The lowest BCUT2D eigenvalue weighted by atomic mass is 10.2. The van der Waals surface area contributed by atoms with Crippen molar-refractivity contribution in [2.24, 2.45) is 0 Å². The molecule has 0 unspecified atom stereocenters. The summed E-state index contributed by atoms with van der Waals surface area (Å²) in [5.41, 5.74) is 1.11. The number of nitrogens with zero attached hydrogens (tertiary/aromatic N) is 1. The second kappa shape index (κ2) is 6.33. The number of aromatic carboxylic acids is 1. The Morgan fingerprint density at radius 1 is 1.47 bits per heavy atom. The molecule has 1 aromatic carbocycles. The van der Waals surface area contributed by atoms with Crippen LogP contribution in [0.2, 0.25) is 0 Å². The summed E-state index contributed by atoms with van der Waals surface area (Å²) in [6, 6.07) is 6.47. The van der Waals surface area contributed by atoms with E-state index >= 15 is 0 Å².